The predicted octanol–water partition coefficient (Wildman–Crippen LogP) is 2.83. The van der Waals surface area contributed by atoms with Gasteiger partial charge in [0.1, 0.15) is 12.4 Å². The summed E-state index contributed by atoms with van der Waals surface area (Å²) < 4.78 is 18.0. The highest BCUT2D eigenvalue weighted by Crippen LogP contribution is 2.16. The molecule has 6 heteroatoms. The molecule has 2 aromatic carbocycles. The first kappa shape index (κ1) is 16.8. The van der Waals surface area contributed by atoms with Crippen molar-refractivity contribution in [2.45, 2.75) is 26.0 Å². The zero-order valence-electron chi connectivity index (χ0n) is 13.4. The molecule has 2 aromatic rings. The van der Waals surface area contributed by atoms with Gasteiger partial charge in [-0.1, -0.05) is 24.3 Å². The van der Waals surface area contributed by atoms with Gasteiger partial charge in [0.25, 0.3) is 0 Å². The molecule has 5 nitrogen and oxygen atoms in total. The number of rotatable bonds is 5. The smallest absolute Gasteiger partial charge is 0.338 e. The molecule has 1 aliphatic rings. The van der Waals surface area contributed by atoms with Crippen molar-refractivity contribution in [2.75, 3.05) is 0 Å². The van der Waals surface area contributed by atoms with E-state index in [4.69, 9.17) is 4.74 Å². The van der Waals surface area contributed by atoms with Crippen molar-refractivity contribution in [2.24, 2.45) is 0 Å². The van der Waals surface area contributed by atoms with E-state index in [1.165, 1.54) is 17.0 Å². The Hall–Kier alpha value is -3.02. The molecule has 2 amide bonds. The summed E-state index contributed by atoms with van der Waals surface area (Å²) in [5.41, 5.74) is 1.82. The molecule has 0 aromatic heterocycles. The number of carbonyl (C=O) groups is 3. The number of amides is 2. The van der Waals surface area contributed by atoms with Crippen LogP contribution in [0.15, 0.2) is 48.5 Å². The van der Waals surface area contributed by atoms with Crippen LogP contribution in [0.2, 0.25) is 0 Å². The number of ether oxygens (including phenoxy) is 1. The molecule has 0 spiro atoms. The van der Waals surface area contributed by atoms with Crippen LogP contribution in [0.25, 0.3) is 0 Å². The number of benzene rings is 2. The lowest BCUT2D eigenvalue weighted by Crippen LogP contribution is -2.28. The average Bonchev–Trinajstić information content (AvgIpc) is 2.93. The van der Waals surface area contributed by atoms with Gasteiger partial charge in [0.05, 0.1) is 12.1 Å². The number of hydrogen-bond acceptors (Lipinski definition) is 4. The molecule has 1 saturated heterocycles. The second-order valence-corrected chi connectivity index (χ2v) is 5.77. The third kappa shape index (κ3) is 4.09. The van der Waals surface area contributed by atoms with E-state index in [0.717, 1.165) is 5.56 Å². The summed E-state index contributed by atoms with van der Waals surface area (Å²) in [6.07, 6.45) is 0.513. The lowest BCUT2D eigenvalue weighted by atomic mass is 10.1. The van der Waals surface area contributed by atoms with Gasteiger partial charge in [0.15, 0.2) is 0 Å². The van der Waals surface area contributed by atoms with Crippen LogP contribution >= 0.6 is 0 Å². The Morgan fingerprint density at radius 3 is 2.08 bits per heavy atom. The number of esters is 1. The topological polar surface area (TPSA) is 63.7 Å². The highest BCUT2D eigenvalue weighted by Gasteiger charge is 2.28. The molecule has 0 N–H and O–H groups in total. The first-order chi connectivity index (χ1) is 12.0. The maximum Gasteiger partial charge on any atom is 0.338 e. The van der Waals surface area contributed by atoms with E-state index >= 15 is 0 Å². The Kier molecular flexibility index (Phi) is 4.88. The third-order valence-electron chi connectivity index (χ3n) is 3.97. The van der Waals surface area contributed by atoms with Crippen LogP contribution in [0, 0.1) is 5.82 Å². The summed E-state index contributed by atoms with van der Waals surface area (Å²) in [6.45, 7) is 0.264. The maximum absolute atomic E-state index is 12.8. The van der Waals surface area contributed by atoms with Crippen LogP contribution in [-0.4, -0.2) is 22.7 Å². The fourth-order valence-corrected chi connectivity index (χ4v) is 2.54. The van der Waals surface area contributed by atoms with Gasteiger partial charge in [-0.2, -0.15) is 0 Å². The lowest BCUT2D eigenvalue weighted by Gasteiger charge is -2.13. The van der Waals surface area contributed by atoms with Gasteiger partial charge in [-0.05, 0) is 35.4 Å². The lowest BCUT2D eigenvalue weighted by molar-refractivity contribution is -0.139. The van der Waals surface area contributed by atoms with Gasteiger partial charge in [-0.3, -0.25) is 14.5 Å². The molecule has 1 heterocycles. The largest absolute Gasteiger partial charge is 0.457 e. The molecule has 1 aliphatic heterocycles. The SMILES string of the molecule is O=C(OCc1ccc(F)cc1)c1ccc(CN2C(=O)CCC2=O)cc1. The number of carbonyl (C=O) groups excluding carboxylic acids is 3. The minimum Gasteiger partial charge on any atom is -0.457 e. The van der Waals surface area contributed by atoms with Crippen molar-refractivity contribution in [1.29, 1.82) is 0 Å². The molecule has 0 atom stereocenters. The molecule has 0 aliphatic carbocycles. The molecule has 3 rings (SSSR count). The summed E-state index contributed by atoms with van der Waals surface area (Å²) in [4.78, 5) is 36.5. The molecular weight excluding hydrogens is 325 g/mol. The van der Waals surface area contributed by atoms with Gasteiger partial charge in [0, 0.05) is 12.8 Å². The average molecular weight is 341 g/mol. The molecule has 0 saturated carbocycles. The minimum absolute atomic E-state index is 0.0532. The number of halogens is 1. The van der Waals surface area contributed by atoms with Crippen LogP contribution < -0.4 is 0 Å². The van der Waals surface area contributed by atoms with Crippen molar-refractivity contribution < 1.29 is 23.5 Å². The van der Waals surface area contributed by atoms with Gasteiger partial charge in [0.2, 0.25) is 11.8 Å². The summed E-state index contributed by atoms with van der Waals surface area (Å²) in [5.74, 6) is -1.19. The molecule has 0 radical (unpaired) electrons. The molecule has 1 fully saturated rings. The third-order valence-corrected chi connectivity index (χ3v) is 3.97. The monoisotopic (exact) mass is 341 g/mol. The van der Waals surface area contributed by atoms with Crippen molar-refractivity contribution in [1.82, 2.24) is 4.90 Å². The zero-order chi connectivity index (χ0) is 17.8. The van der Waals surface area contributed by atoms with E-state index in [2.05, 4.69) is 0 Å². The van der Waals surface area contributed by atoms with Gasteiger partial charge < -0.3 is 4.74 Å². The zero-order valence-corrected chi connectivity index (χ0v) is 13.4. The fourth-order valence-electron chi connectivity index (χ4n) is 2.54. The Balaban J connectivity index is 1.57. The van der Waals surface area contributed by atoms with Crippen LogP contribution in [0.3, 0.4) is 0 Å². The minimum atomic E-state index is -0.496. The van der Waals surface area contributed by atoms with E-state index in [0.29, 0.717) is 11.1 Å². The van der Waals surface area contributed by atoms with Crippen molar-refractivity contribution in [3.63, 3.8) is 0 Å². The van der Waals surface area contributed by atoms with Gasteiger partial charge >= 0.3 is 5.97 Å². The summed E-state index contributed by atoms with van der Waals surface area (Å²) in [7, 11) is 0. The van der Waals surface area contributed by atoms with E-state index < -0.39 is 5.97 Å². The normalized spacial score (nSPS) is 14.0. The Morgan fingerprint density at radius 2 is 1.48 bits per heavy atom. The van der Waals surface area contributed by atoms with E-state index in [9.17, 15) is 18.8 Å². The standard InChI is InChI=1S/C19H16FNO4/c20-16-7-3-14(4-8-16)12-25-19(24)15-5-1-13(2-6-15)11-21-17(22)9-10-18(21)23/h1-8H,9-12H2. The van der Waals surface area contributed by atoms with Crippen LogP contribution in [0.1, 0.15) is 34.3 Å². The highest BCUT2D eigenvalue weighted by molar-refractivity contribution is 6.01. The van der Waals surface area contributed by atoms with E-state index in [1.54, 1.807) is 36.4 Å². The van der Waals surface area contributed by atoms with Gasteiger partial charge in [-0.15, -0.1) is 0 Å². The van der Waals surface area contributed by atoms with Crippen LogP contribution in [0.4, 0.5) is 4.39 Å². The van der Waals surface area contributed by atoms with Crippen molar-refractivity contribution >= 4 is 17.8 Å². The van der Waals surface area contributed by atoms with E-state index in [-0.39, 0.29) is 43.6 Å². The predicted molar refractivity (Wildman–Crippen MR) is 86.8 cm³/mol. The Bertz CT molecular complexity index is 783. The highest BCUT2D eigenvalue weighted by atomic mass is 19.1. The Labute approximate surface area is 144 Å². The number of nitrogens with zero attached hydrogens (tertiary/aromatic N) is 1. The molecule has 25 heavy (non-hydrogen) atoms. The van der Waals surface area contributed by atoms with E-state index in [1.807, 2.05) is 0 Å². The fraction of sp³-hybridized carbons (Fsp3) is 0.211. The molecule has 128 valence electrons. The maximum atomic E-state index is 12.8. The Morgan fingerprint density at radius 1 is 0.920 bits per heavy atom. The molecule has 0 unspecified atom stereocenters. The van der Waals surface area contributed by atoms with Crippen molar-refractivity contribution in [3.8, 4) is 0 Å². The van der Waals surface area contributed by atoms with Crippen LogP contribution in [0.5, 0.6) is 0 Å². The quantitative estimate of drug-likeness (QED) is 0.620. The number of imide groups is 1. The summed E-state index contributed by atoms with van der Waals surface area (Å²) in [6, 6.07) is 12.3. The van der Waals surface area contributed by atoms with Crippen molar-refractivity contribution in [3.05, 3.63) is 71.0 Å². The second kappa shape index (κ2) is 7.25. The summed E-state index contributed by atoms with van der Waals surface area (Å²) >= 11 is 0. The van der Waals surface area contributed by atoms with Gasteiger partial charge in [-0.25, -0.2) is 9.18 Å². The summed E-state index contributed by atoms with van der Waals surface area (Å²) in [5, 5.41) is 0. The first-order valence-electron chi connectivity index (χ1n) is 7.86. The van der Waals surface area contributed by atoms with Crippen LogP contribution in [-0.2, 0) is 27.5 Å². The number of likely N-dealkylation sites (tertiary alicyclic amines) is 1. The number of hydrogen-bond donors (Lipinski definition) is 0. The second-order valence-electron chi connectivity index (χ2n) is 5.77. The molecule has 0 bridgehead atoms. The first-order valence-corrected chi connectivity index (χ1v) is 7.86. The molecular formula is C19H16FNO4.